The molecule has 0 aromatic rings. The van der Waals surface area contributed by atoms with Crippen LogP contribution in [0.4, 0.5) is 4.79 Å². The predicted molar refractivity (Wildman–Crippen MR) is 104 cm³/mol. The summed E-state index contributed by atoms with van der Waals surface area (Å²) in [6, 6.07) is -2.08. The van der Waals surface area contributed by atoms with E-state index in [4.69, 9.17) is 16.2 Å². The van der Waals surface area contributed by atoms with Crippen LogP contribution in [0.2, 0.25) is 0 Å². The first-order valence-corrected chi connectivity index (χ1v) is 9.31. The molecule has 1 amide bonds. The van der Waals surface area contributed by atoms with Crippen LogP contribution in [-0.2, 0) is 14.3 Å². The first-order chi connectivity index (χ1) is 11.8. The molecule has 0 rings (SSSR count). The molecule has 0 radical (unpaired) electrons. The molecule has 0 aliphatic rings. The van der Waals surface area contributed by atoms with Crippen molar-refractivity contribution in [1.82, 2.24) is 10.6 Å². The lowest BCUT2D eigenvalue weighted by atomic mass is 9.87. The summed E-state index contributed by atoms with van der Waals surface area (Å²) in [7, 11) is 0. The van der Waals surface area contributed by atoms with E-state index in [0.29, 0.717) is 0 Å². The Morgan fingerprint density at radius 1 is 1.23 bits per heavy atom. The number of hydrogen-bond acceptors (Lipinski definition) is 8. The summed E-state index contributed by atoms with van der Waals surface area (Å²) >= 11 is 1.75. The second-order valence-electron chi connectivity index (χ2n) is 6.92. The number of aliphatic hydroxyl groups excluding tert-OH is 1. The topological polar surface area (TPSA) is 177 Å². The molecule has 0 spiro atoms. The Hall–Kier alpha value is -1.02. The maximum Gasteiger partial charge on any atom is 0.408 e. The zero-order chi connectivity index (χ0) is 20.7. The molecule has 152 valence electrons. The number of carbonyl (C=O) groups is 3. The standard InChI is InChI=1S/C15H29IN4O6/c1-7(17)10(21)8(11(22)12(16)18)5-9(13(23)24)19-6-20-14(25)26-15(2,3)4/h7-9,11-12,19,22H,5-6,17-18H2,1-4H3,(H,20,25)(H,23,24)/t7-,8?,9-,11?,12?/m0/s1. The largest absolute Gasteiger partial charge is 0.480 e. The number of hydrogen-bond donors (Lipinski definition) is 6. The number of alkyl carbamates (subject to hydrolysis) is 1. The minimum absolute atomic E-state index is 0.197. The van der Waals surface area contributed by atoms with E-state index in [1.807, 2.05) is 0 Å². The zero-order valence-corrected chi connectivity index (χ0v) is 17.5. The highest BCUT2D eigenvalue weighted by Crippen LogP contribution is 2.19. The number of halogens is 1. The van der Waals surface area contributed by atoms with Crippen LogP contribution < -0.4 is 22.1 Å². The van der Waals surface area contributed by atoms with Crippen LogP contribution in [0.25, 0.3) is 0 Å². The van der Waals surface area contributed by atoms with E-state index in [2.05, 4.69) is 10.6 Å². The lowest BCUT2D eigenvalue weighted by Gasteiger charge is -2.28. The van der Waals surface area contributed by atoms with E-state index in [1.165, 1.54) is 6.92 Å². The van der Waals surface area contributed by atoms with Gasteiger partial charge < -0.3 is 31.7 Å². The Morgan fingerprint density at radius 3 is 2.15 bits per heavy atom. The van der Waals surface area contributed by atoms with E-state index >= 15 is 0 Å². The first-order valence-electron chi connectivity index (χ1n) is 8.06. The SMILES string of the molecule is C[C@H](N)C(=O)C(C[C@H](NCNC(=O)OC(C)(C)C)C(=O)O)C(O)C(N)I. The number of carboxylic acid groups (broad SMARTS) is 1. The van der Waals surface area contributed by atoms with Crippen molar-refractivity contribution in [1.29, 1.82) is 0 Å². The highest BCUT2D eigenvalue weighted by molar-refractivity contribution is 14.1. The molecule has 0 saturated carbocycles. The fourth-order valence-corrected chi connectivity index (χ4v) is 2.57. The number of alkyl halides is 1. The number of amides is 1. The van der Waals surface area contributed by atoms with E-state index in [9.17, 15) is 24.6 Å². The Morgan fingerprint density at radius 2 is 1.77 bits per heavy atom. The third-order valence-corrected chi connectivity index (χ3v) is 4.06. The molecule has 0 bridgehead atoms. The highest BCUT2D eigenvalue weighted by Gasteiger charge is 2.35. The Kier molecular flexibility index (Phi) is 10.5. The van der Waals surface area contributed by atoms with Gasteiger partial charge in [0.05, 0.1) is 22.9 Å². The molecular formula is C15H29IN4O6. The Bertz CT molecular complexity index is 495. The number of carbonyl (C=O) groups excluding carboxylic acids is 2. The van der Waals surface area contributed by atoms with E-state index in [0.717, 1.165) is 0 Å². The molecule has 3 unspecified atom stereocenters. The van der Waals surface area contributed by atoms with Gasteiger partial charge in [0, 0.05) is 5.92 Å². The molecule has 10 nitrogen and oxygen atoms in total. The van der Waals surface area contributed by atoms with Crippen LogP contribution in [0.1, 0.15) is 34.1 Å². The van der Waals surface area contributed by atoms with E-state index in [1.54, 1.807) is 43.4 Å². The normalized spacial score (nSPS) is 17.5. The second-order valence-corrected chi connectivity index (χ2v) is 8.36. The minimum atomic E-state index is -1.25. The Balaban J connectivity index is 4.92. The number of rotatable bonds is 10. The number of carboxylic acids is 1. The number of ketones is 1. The zero-order valence-electron chi connectivity index (χ0n) is 15.4. The summed E-state index contributed by atoms with van der Waals surface area (Å²) < 4.78 is 4.27. The highest BCUT2D eigenvalue weighted by atomic mass is 127. The van der Waals surface area contributed by atoms with Crippen LogP contribution in [0, 0.1) is 5.92 Å². The summed E-state index contributed by atoms with van der Waals surface area (Å²) in [4.78, 5) is 35.3. The van der Waals surface area contributed by atoms with Gasteiger partial charge in [0.2, 0.25) is 0 Å². The molecule has 0 saturated heterocycles. The molecule has 0 heterocycles. The van der Waals surface area contributed by atoms with Gasteiger partial charge >= 0.3 is 12.1 Å². The molecule has 0 aromatic carbocycles. The summed E-state index contributed by atoms with van der Waals surface area (Å²) in [6.45, 7) is 6.34. The second kappa shape index (κ2) is 11.0. The maximum absolute atomic E-state index is 12.2. The molecule has 5 atom stereocenters. The average molecular weight is 488 g/mol. The number of nitrogens with two attached hydrogens (primary N) is 2. The molecule has 0 aromatic heterocycles. The van der Waals surface area contributed by atoms with Crippen LogP contribution in [-0.4, -0.2) is 62.6 Å². The predicted octanol–water partition coefficient (Wildman–Crippen LogP) is -0.485. The first kappa shape index (κ1) is 25.0. The number of nitrogens with one attached hydrogen (secondary N) is 2. The monoisotopic (exact) mass is 488 g/mol. The van der Waals surface area contributed by atoms with Crippen molar-refractivity contribution in [3.8, 4) is 0 Å². The van der Waals surface area contributed by atoms with Gasteiger partial charge in [-0.1, -0.05) is 22.6 Å². The summed E-state index contributed by atoms with van der Waals surface area (Å²) in [5.41, 5.74) is 10.5. The Labute approximate surface area is 166 Å². The van der Waals surface area contributed by atoms with Gasteiger partial charge in [-0.2, -0.15) is 0 Å². The summed E-state index contributed by atoms with van der Waals surface area (Å²) in [6.07, 6.45) is -2.20. The molecule has 26 heavy (non-hydrogen) atoms. The third-order valence-electron chi connectivity index (χ3n) is 3.32. The van der Waals surface area contributed by atoms with Gasteiger partial charge in [-0.15, -0.1) is 0 Å². The van der Waals surface area contributed by atoms with Crippen molar-refractivity contribution in [2.45, 2.75) is 62.0 Å². The number of aliphatic hydroxyl groups is 1. The quantitative estimate of drug-likeness (QED) is 0.103. The number of ether oxygens (including phenoxy) is 1. The van der Waals surface area contributed by atoms with Crippen molar-refractivity contribution in [2.75, 3.05) is 6.67 Å². The van der Waals surface area contributed by atoms with Crippen molar-refractivity contribution < 1.29 is 29.3 Å². The lowest BCUT2D eigenvalue weighted by molar-refractivity contribution is -0.141. The molecule has 0 aliphatic heterocycles. The smallest absolute Gasteiger partial charge is 0.408 e. The van der Waals surface area contributed by atoms with Crippen LogP contribution in [0.15, 0.2) is 0 Å². The van der Waals surface area contributed by atoms with Gasteiger partial charge in [-0.05, 0) is 34.1 Å². The van der Waals surface area contributed by atoms with Crippen LogP contribution in [0.5, 0.6) is 0 Å². The van der Waals surface area contributed by atoms with Crippen molar-refractivity contribution in [3.63, 3.8) is 0 Å². The van der Waals surface area contributed by atoms with E-state index < -0.39 is 51.6 Å². The van der Waals surface area contributed by atoms with Gasteiger partial charge in [-0.25, -0.2) is 4.79 Å². The third kappa shape index (κ3) is 9.62. The minimum Gasteiger partial charge on any atom is -0.480 e. The molecule has 0 aliphatic carbocycles. The summed E-state index contributed by atoms with van der Waals surface area (Å²) in [5.74, 6) is -2.79. The van der Waals surface area contributed by atoms with Crippen LogP contribution in [0.3, 0.4) is 0 Å². The van der Waals surface area contributed by atoms with Crippen LogP contribution >= 0.6 is 22.6 Å². The summed E-state index contributed by atoms with van der Waals surface area (Å²) in [5, 5.41) is 24.5. The molecule has 0 fully saturated rings. The molecular weight excluding hydrogens is 459 g/mol. The number of aliphatic carboxylic acids is 1. The molecule has 11 heteroatoms. The maximum atomic E-state index is 12.2. The van der Waals surface area contributed by atoms with Crippen molar-refractivity contribution in [2.24, 2.45) is 17.4 Å². The van der Waals surface area contributed by atoms with Crippen molar-refractivity contribution >= 4 is 40.4 Å². The van der Waals surface area contributed by atoms with E-state index in [-0.39, 0.29) is 13.1 Å². The van der Waals surface area contributed by atoms with Gasteiger partial charge in [0.1, 0.15) is 11.6 Å². The fourth-order valence-electron chi connectivity index (χ4n) is 2.07. The lowest BCUT2D eigenvalue weighted by Crippen LogP contribution is -2.51. The van der Waals surface area contributed by atoms with Gasteiger partial charge in [0.15, 0.2) is 5.78 Å². The number of Topliss-reactive ketones (excluding diaryl/α,β-unsaturated/α-hetero) is 1. The fraction of sp³-hybridized carbons (Fsp3) is 0.800. The van der Waals surface area contributed by atoms with Gasteiger partial charge in [-0.3, -0.25) is 14.9 Å². The van der Waals surface area contributed by atoms with Crippen molar-refractivity contribution in [3.05, 3.63) is 0 Å². The molecule has 8 N–H and O–H groups in total. The van der Waals surface area contributed by atoms with Gasteiger partial charge in [0.25, 0.3) is 0 Å². The average Bonchev–Trinajstić information content (AvgIpc) is 2.46.